The molecule has 0 aliphatic carbocycles. The number of thiocarbonyl (C=S) groups is 1. The molecule has 3 rings (SSSR count). The number of methoxy groups -OCH3 is 2. The lowest BCUT2D eigenvalue weighted by molar-refractivity contribution is -0.122. The summed E-state index contributed by atoms with van der Waals surface area (Å²) in [6, 6.07) is 19.1. The van der Waals surface area contributed by atoms with Gasteiger partial charge >= 0.3 is 0 Å². The van der Waals surface area contributed by atoms with E-state index in [0.29, 0.717) is 33.6 Å². The Bertz CT molecular complexity index is 1300. The minimum atomic E-state index is -0.757. The molecule has 37 heavy (non-hydrogen) atoms. The standard InChI is InChI=1S/C27H26ClN3O5S/c1-17(36-22-7-5-4-6-21(22)28)26(33)29-19-10-12-20(13-11-19)30-27(37)31-25(32)15-9-18-8-14-23(34-2)24(16-18)35-3/h4-17H,1-3H3,(H,29,33)(H2,30,31,32,37)/b15-9+. The fourth-order valence-corrected chi connectivity index (χ4v) is 3.51. The molecule has 0 saturated carbocycles. The third-order valence-electron chi connectivity index (χ3n) is 4.99. The SMILES string of the molecule is COc1ccc(/C=C/C(=O)NC(=S)Nc2ccc(NC(=O)C(C)Oc3ccccc3Cl)cc2)cc1OC. The molecule has 0 heterocycles. The Kier molecular flexibility index (Phi) is 9.88. The largest absolute Gasteiger partial charge is 0.493 e. The number of hydrogen-bond donors (Lipinski definition) is 3. The van der Waals surface area contributed by atoms with Crippen LogP contribution in [0.2, 0.25) is 5.02 Å². The highest BCUT2D eigenvalue weighted by Gasteiger charge is 2.16. The van der Waals surface area contributed by atoms with Gasteiger partial charge < -0.3 is 24.8 Å². The number of amides is 2. The molecule has 0 aliphatic heterocycles. The summed E-state index contributed by atoms with van der Waals surface area (Å²) in [6.45, 7) is 1.63. The number of carbonyl (C=O) groups excluding carboxylic acids is 2. The second-order valence-corrected chi connectivity index (χ2v) is 8.46. The van der Waals surface area contributed by atoms with Gasteiger partial charge in [-0.2, -0.15) is 0 Å². The number of ether oxygens (including phenoxy) is 3. The van der Waals surface area contributed by atoms with Crippen molar-refractivity contribution in [3.8, 4) is 17.2 Å². The summed E-state index contributed by atoms with van der Waals surface area (Å²) in [4.78, 5) is 24.7. The van der Waals surface area contributed by atoms with Gasteiger partial charge in [0, 0.05) is 17.5 Å². The van der Waals surface area contributed by atoms with E-state index in [9.17, 15) is 9.59 Å². The Morgan fingerprint density at radius 2 is 1.54 bits per heavy atom. The molecule has 3 aromatic rings. The van der Waals surface area contributed by atoms with Crippen LogP contribution in [0.1, 0.15) is 12.5 Å². The van der Waals surface area contributed by atoms with Crippen molar-refractivity contribution in [3.05, 3.63) is 83.4 Å². The van der Waals surface area contributed by atoms with E-state index >= 15 is 0 Å². The van der Waals surface area contributed by atoms with Crippen LogP contribution in [0.5, 0.6) is 17.2 Å². The summed E-state index contributed by atoms with van der Waals surface area (Å²) < 4.78 is 16.1. The molecule has 0 radical (unpaired) electrons. The molecular weight excluding hydrogens is 514 g/mol. The van der Waals surface area contributed by atoms with E-state index in [2.05, 4.69) is 16.0 Å². The number of hydrogen-bond acceptors (Lipinski definition) is 6. The number of para-hydroxylation sites is 1. The van der Waals surface area contributed by atoms with Crippen LogP contribution in [0.15, 0.2) is 72.8 Å². The van der Waals surface area contributed by atoms with Gasteiger partial charge in [0.05, 0.1) is 19.2 Å². The van der Waals surface area contributed by atoms with E-state index in [4.69, 9.17) is 38.0 Å². The quantitative estimate of drug-likeness (QED) is 0.251. The highest BCUT2D eigenvalue weighted by molar-refractivity contribution is 7.80. The van der Waals surface area contributed by atoms with Crippen molar-refractivity contribution in [1.82, 2.24) is 5.32 Å². The molecule has 0 aliphatic rings. The Morgan fingerprint density at radius 3 is 2.19 bits per heavy atom. The van der Waals surface area contributed by atoms with Gasteiger partial charge in [-0.3, -0.25) is 14.9 Å². The highest BCUT2D eigenvalue weighted by atomic mass is 35.5. The van der Waals surface area contributed by atoms with Gasteiger partial charge in [-0.1, -0.05) is 29.8 Å². The van der Waals surface area contributed by atoms with E-state index < -0.39 is 12.0 Å². The predicted molar refractivity (Wildman–Crippen MR) is 150 cm³/mol. The normalized spacial score (nSPS) is 11.4. The van der Waals surface area contributed by atoms with Crippen LogP contribution in [0.4, 0.5) is 11.4 Å². The summed E-state index contributed by atoms with van der Waals surface area (Å²) in [6.07, 6.45) is 2.24. The second-order valence-electron chi connectivity index (χ2n) is 7.65. The minimum Gasteiger partial charge on any atom is -0.493 e. The average Bonchev–Trinajstić information content (AvgIpc) is 2.89. The first-order chi connectivity index (χ1) is 17.8. The molecule has 0 bridgehead atoms. The minimum absolute atomic E-state index is 0.125. The van der Waals surface area contributed by atoms with Crippen LogP contribution in [0.3, 0.4) is 0 Å². The van der Waals surface area contributed by atoms with E-state index in [-0.39, 0.29) is 11.0 Å². The third kappa shape index (κ3) is 8.23. The number of carbonyl (C=O) groups is 2. The Labute approximate surface area is 225 Å². The molecule has 0 fully saturated rings. The number of halogens is 1. The summed E-state index contributed by atoms with van der Waals surface area (Å²) in [5.41, 5.74) is 1.96. The van der Waals surface area contributed by atoms with Gasteiger partial charge in [0.25, 0.3) is 5.91 Å². The lowest BCUT2D eigenvalue weighted by Crippen LogP contribution is -2.32. The summed E-state index contributed by atoms with van der Waals surface area (Å²) in [5.74, 6) is 0.860. The Hall–Kier alpha value is -4.08. The molecule has 0 aromatic heterocycles. The monoisotopic (exact) mass is 539 g/mol. The molecule has 3 aromatic carbocycles. The first-order valence-corrected chi connectivity index (χ1v) is 11.9. The topological polar surface area (TPSA) is 97.9 Å². The van der Waals surface area contributed by atoms with Crippen molar-refractivity contribution in [2.24, 2.45) is 0 Å². The lowest BCUT2D eigenvalue weighted by atomic mass is 10.2. The molecule has 0 saturated heterocycles. The zero-order chi connectivity index (χ0) is 26.8. The number of anilines is 2. The van der Waals surface area contributed by atoms with Gasteiger partial charge in [0.1, 0.15) is 5.75 Å². The molecule has 8 nitrogen and oxygen atoms in total. The summed E-state index contributed by atoms with van der Waals surface area (Å²) in [5, 5.41) is 8.84. The molecular formula is C27H26ClN3O5S. The van der Waals surface area contributed by atoms with Gasteiger partial charge in [-0.15, -0.1) is 0 Å². The molecule has 0 spiro atoms. The van der Waals surface area contributed by atoms with Crippen LogP contribution in [-0.2, 0) is 9.59 Å². The van der Waals surface area contributed by atoms with Crippen molar-refractivity contribution in [2.75, 3.05) is 24.9 Å². The van der Waals surface area contributed by atoms with Crippen molar-refractivity contribution in [2.45, 2.75) is 13.0 Å². The van der Waals surface area contributed by atoms with Crippen LogP contribution in [-0.4, -0.2) is 37.3 Å². The Morgan fingerprint density at radius 1 is 0.892 bits per heavy atom. The first kappa shape index (κ1) is 27.5. The smallest absolute Gasteiger partial charge is 0.265 e. The van der Waals surface area contributed by atoms with E-state index in [1.165, 1.54) is 6.08 Å². The van der Waals surface area contributed by atoms with Crippen molar-refractivity contribution in [1.29, 1.82) is 0 Å². The van der Waals surface area contributed by atoms with Crippen LogP contribution in [0, 0.1) is 0 Å². The lowest BCUT2D eigenvalue weighted by Gasteiger charge is -2.16. The molecule has 1 atom stereocenters. The third-order valence-corrected chi connectivity index (χ3v) is 5.51. The first-order valence-electron chi connectivity index (χ1n) is 11.1. The number of benzene rings is 3. The van der Waals surface area contributed by atoms with Gasteiger partial charge in [-0.25, -0.2) is 0 Å². The number of nitrogens with one attached hydrogen (secondary N) is 3. The van der Waals surface area contributed by atoms with Crippen LogP contribution in [0.25, 0.3) is 6.08 Å². The van der Waals surface area contributed by atoms with Crippen LogP contribution >= 0.6 is 23.8 Å². The maximum absolute atomic E-state index is 12.5. The van der Waals surface area contributed by atoms with Crippen molar-refractivity contribution in [3.63, 3.8) is 0 Å². The molecule has 2 amide bonds. The average molecular weight is 540 g/mol. The maximum Gasteiger partial charge on any atom is 0.265 e. The van der Waals surface area contributed by atoms with Crippen molar-refractivity contribution >= 4 is 58.2 Å². The Balaban J connectivity index is 1.49. The van der Waals surface area contributed by atoms with Gasteiger partial charge in [0.2, 0.25) is 5.91 Å². The fourth-order valence-electron chi connectivity index (χ4n) is 3.11. The summed E-state index contributed by atoms with van der Waals surface area (Å²) >= 11 is 11.3. The predicted octanol–water partition coefficient (Wildman–Crippen LogP) is 5.29. The van der Waals surface area contributed by atoms with Crippen LogP contribution < -0.4 is 30.2 Å². The van der Waals surface area contributed by atoms with Gasteiger partial charge in [-0.05, 0) is 79.3 Å². The maximum atomic E-state index is 12.5. The molecule has 10 heteroatoms. The van der Waals surface area contributed by atoms with E-state index in [1.807, 2.05) is 0 Å². The van der Waals surface area contributed by atoms with Gasteiger partial charge in [0.15, 0.2) is 22.7 Å². The molecule has 192 valence electrons. The zero-order valence-corrected chi connectivity index (χ0v) is 22.0. The second kappa shape index (κ2) is 13.3. The number of rotatable bonds is 9. The van der Waals surface area contributed by atoms with Crippen molar-refractivity contribution < 1.29 is 23.8 Å². The van der Waals surface area contributed by atoms with E-state index in [1.54, 1.807) is 93.9 Å². The fraction of sp³-hybridized carbons (Fsp3) is 0.148. The summed E-state index contributed by atoms with van der Waals surface area (Å²) in [7, 11) is 3.09. The molecule has 3 N–H and O–H groups in total. The molecule has 1 unspecified atom stereocenters. The zero-order valence-electron chi connectivity index (χ0n) is 20.4. The van der Waals surface area contributed by atoms with E-state index in [0.717, 1.165) is 5.56 Å². The highest BCUT2D eigenvalue weighted by Crippen LogP contribution is 2.28.